The number of aliphatic hydroxyl groups excluding tert-OH is 1. The van der Waals surface area contributed by atoms with Crippen LogP contribution in [0.25, 0.3) is 11.0 Å². The molecule has 6 rings (SSSR count). The maximum Gasteiger partial charge on any atom is 0.291 e. The van der Waals surface area contributed by atoms with Crippen LogP contribution in [0.5, 0.6) is 0 Å². The minimum atomic E-state index is -1.76. The number of anilines is 1. The van der Waals surface area contributed by atoms with E-state index < -0.39 is 29.4 Å². The van der Waals surface area contributed by atoms with E-state index in [-0.39, 0.29) is 30.0 Å². The van der Waals surface area contributed by atoms with E-state index in [0.29, 0.717) is 21.7 Å². The van der Waals surface area contributed by atoms with Crippen LogP contribution in [0.2, 0.25) is 5.02 Å². The largest absolute Gasteiger partial charge is 0.450 e. The topological polar surface area (TPSA) is 91.1 Å². The number of aryl methyl sites for hydroxylation is 2. The van der Waals surface area contributed by atoms with E-state index in [1.54, 1.807) is 47.4 Å². The smallest absolute Gasteiger partial charge is 0.291 e. The molecule has 2 aliphatic heterocycles. The van der Waals surface area contributed by atoms with E-state index in [4.69, 9.17) is 16.0 Å². The highest BCUT2D eigenvalue weighted by atomic mass is 35.5. The fourth-order valence-corrected chi connectivity index (χ4v) is 5.80. The summed E-state index contributed by atoms with van der Waals surface area (Å²) in [6.45, 7) is 3.38. The third-order valence-electron chi connectivity index (χ3n) is 7.46. The molecule has 0 saturated heterocycles. The first-order valence-electron chi connectivity index (χ1n) is 12.0. The number of nitrogens with zero attached hydrogens (tertiary/aromatic N) is 2. The van der Waals surface area contributed by atoms with E-state index >= 15 is 0 Å². The first-order chi connectivity index (χ1) is 17.8. The number of fused-ring (bicyclic) bond motifs is 5. The van der Waals surface area contributed by atoms with E-state index in [0.717, 1.165) is 16.7 Å². The zero-order valence-corrected chi connectivity index (χ0v) is 21.0. The highest BCUT2D eigenvalue weighted by molar-refractivity contribution is 6.31. The van der Waals surface area contributed by atoms with Gasteiger partial charge in [0, 0.05) is 17.1 Å². The van der Waals surface area contributed by atoms with Crippen molar-refractivity contribution in [3.63, 3.8) is 0 Å². The Morgan fingerprint density at radius 2 is 1.68 bits per heavy atom. The molecule has 1 unspecified atom stereocenters. The van der Waals surface area contributed by atoms with Gasteiger partial charge < -0.3 is 19.3 Å². The molecule has 3 aromatic carbocycles. The van der Waals surface area contributed by atoms with Crippen molar-refractivity contribution in [3.8, 4) is 0 Å². The molecule has 37 heavy (non-hydrogen) atoms. The lowest BCUT2D eigenvalue weighted by Crippen LogP contribution is -2.54. The van der Waals surface area contributed by atoms with Crippen molar-refractivity contribution < 1.29 is 19.1 Å². The molecule has 0 fully saturated rings. The molecular formula is C29H23ClN2O5. The Kier molecular flexibility index (Phi) is 5.26. The van der Waals surface area contributed by atoms with Gasteiger partial charge in [0.05, 0.1) is 29.8 Å². The number of aliphatic hydroxyl groups is 1. The quantitative estimate of drug-likeness (QED) is 0.438. The number of benzene rings is 3. The van der Waals surface area contributed by atoms with Gasteiger partial charge in [0.25, 0.3) is 11.8 Å². The Morgan fingerprint density at radius 3 is 2.43 bits per heavy atom. The average molecular weight is 515 g/mol. The number of rotatable bonds is 4. The minimum absolute atomic E-state index is 0.0131. The maximum atomic E-state index is 14.5. The average Bonchev–Trinajstić information content (AvgIpc) is 3.27. The van der Waals surface area contributed by atoms with Gasteiger partial charge in [-0.15, -0.1) is 0 Å². The SMILES string of the molecule is Cc1cc2oc3c(c(=O)c2cc1C)C1(C(=O)N(Cc2ccccc2Cl)c2ccccc21)N(CCO)C3=O. The van der Waals surface area contributed by atoms with Crippen molar-refractivity contribution in [2.45, 2.75) is 25.9 Å². The molecule has 1 spiro atoms. The predicted octanol–water partition coefficient (Wildman–Crippen LogP) is 4.30. The molecule has 1 N–H and O–H groups in total. The normalized spacial score (nSPS) is 18.3. The maximum absolute atomic E-state index is 14.5. The van der Waals surface area contributed by atoms with Crippen molar-refractivity contribution in [3.05, 3.63) is 109 Å². The molecule has 3 heterocycles. The fraction of sp³-hybridized carbons (Fsp3) is 0.207. The third-order valence-corrected chi connectivity index (χ3v) is 7.83. The van der Waals surface area contributed by atoms with Gasteiger partial charge in [-0.05, 0) is 54.8 Å². The summed E-state index contributed by atoms with van der Waals surface area (Å²) < 4.78 is 6.07. The standard InChI is InChI=1S/C29H23ClN2O5/c1-16-13-19-23(14-17(16)2)37-26-24(25(19)34)29(32(11-12-33)27(26)35)20-8-4-6-10-22(20)31(28(29)36)15-18-7-3-5-9-21(18)30/h3-10,13-14,33H,11-12,15H2,1-2H3. The zero-order chi connectivity index (χ0) is 26.1. The lowest BCUT2D eigenvalue weighted by molar-refractivity contribution is -0.126. The Labute approximate surface area is 217 Å². The van der Waals surface area contributed by atoms with Gasteiger partial charge in [0.15, 0.2) is 11.0 Å². The summed E-state index contributed by atoms with van der Waals surface area (Å²) in [6, 6.07) is 17.8. The lowest BCUT2D eigenvalue weighted by Gasteiger charge is -2.33. The van der Waals surface area contributed by atoms with Crippen LogP contribution in [0.1, 0.15) is 38.4 Å². The van der Waals surface area contributed by atoms with Gasteiger partial charge in [0.2, 0.25) is 5.76 Å². The highest BCUT2D eigenvalue weighted by Crippen LogP contribution is 2.52. The molecule has 8 heteroatoms. The minimum Gasteiger partial charge on any atom is -0.450 e. The van der Waals surface area contributed by atoms with Gasteiger partial charge in [0.1, 0.15) is 5.58 Å². The summed E-state index contributed by atoms with van der Waals surface area (Å²) in [4.78, 5) is 45.2. The van der Waals surface area contributed by atoms with Gasteiger partial charge in [-0.1, -0.05) is 48.0 Å². The van der Waals surface area contributed by atoms with Crippen LogP contribution < -0.4 is 10.3 Å². The van der Waals surface area contributed by atoms with Crippen LogP contribution in [-0.4, -0.2) is 35.0 Å². The molecule has 1 aromatic heterocycles. The van der Waals surface area contributed by atoms with Crippen LogP contribution in [0, 0.1) is 13.8 Å². The van der Waals surface area contributed by atoms with Gasteiger partial charge in [-0.25, -0.2) is 0 Å². The number of amides is 2. The Balaban J connectivity index is 1.67. The third kappa shape index (κ3) is 3.08. The van der Waals surface area contributed by atoms with Crippen molar-refractivity contribution in [2.24, 2.45) is 0 Å². The second-order valence-corrected chi connectivity index (χ2v) is 9.87. The van der Waals surface area contributed by atoms with Crippen LogP contribution in [-0.2, 0) is 16.9 Å². The molecule has 7 nitrogen and oxygen atoms in total. The predicted molar refractivity (Wildman–Crippen MR) is 140 cm³/mol. The van der Waals surface area contributed by atoms with Crippen LogP contribution in [0.15, 0.2) is 69.9 Å². The lowest BCUT2D eigenvalue weighted by atomic mass is 9.84. The van der Waals surface area contributed by atoms with Crippen LogP contribution >= 0.6 is 11.6 Å². The monoisotopic (exact) mass is 514 g/mol. The highest BCUT2D eigenvalue weighted by Gasteiger charge is 2.64. The van der Waals surface area contributed by atoms with Crippen molar-refractivity contribution in [1.82, 2.24) is 4.90 Å². The van der Waals surface area contributed by atoms with Crippen LogP contribution in [0.4, 0.5) is 5.69 Å². The Hall–Kier alpha value is -3.94. The molecule has 2 amide bonds. The molecule has 0 saturated carbocycles. The van der Waals surface area contributed by atoms with Gasteiger partial charge in [-0.3, -0.25) is 14.4 Å². The first-order valence-corrected chi connectivity index (χ1v) is 12.3. The summed E-state index contributed by atoms with van der Waals surface area (Å²) in [5.41, 5.74) is 1.66. The molecule has 0 aliphatic carbocycles. The Morgan fingerprint density at radius 1 is 0.973 bits per heavy atom. The number of halogens is 1. The van der Waals surface area contributed by atoms with Gasteiger partial charge >= 0.3 is 0 Å². The molecule has 2 aliphatic rings. The zero-order valence-electron chi connectivity index (χ0n) is 20.2. The van der Waals surface area contributed by atoms with E-state index in [9.17, 15) is 19.5 Å². The number of carbonyl (C=O) groups excluding carboxylic acids is 2. The summed E-state index contributed by atoms with van der Waals surface area (Å²) in [7, 11) is 0. The molecule has 4 aromatic rings. The van der Waals surface area contributed by atoms with E-state index in [1.165, 1.54) is 4.90 Å². The molecular weight excluding hydrogens is 492 g/mol. The second-order valence-electron chi connectivity index (χ2n) is 9.46. The van der Waals surface area contributed by atoms with Crippen molar-refractivity contribution in [2.75, 3.05) is 18.1 Å². The van der Waals surface area contributed by atoms with Crippen molar-refractivity contribution >= 4 is 40.1 Å². The number of carbonyl (C=O) groups is 2. The number of β-amino-alcohol motifs (C(OH)–C–C–N with tert-alkyl or cyclic N) is 1. The summed E-state index contributed by atoms with van der Waals surface area (Å²) in [5.74, 6) is -1.24. The van der Waals surface area contributed by atoms with Gasteiger partial charge in [-0.2, -0.15) is 0 Å². The Bertz CT molecular complexity index is 1690. The molecule has 0 bridgehead atoms. The number of hydrogen-bond donors (Lipinski definition) is 1. The summed E-state index contributed by atoms with van der Waals surface area (Å²) in [5, 5.41) is 10.7. The second kappa shape index (κ2) is 8.30. The number of para-hydroxylation sites is 1. The molecule has 0 radical (unpaired) electrons. The first kappa shape index (κ1) is 23.5. The molecule has 1 atom stereocenters. The summed E-state index contributed by atoms with van der Waals surface area (Å²) >= 11 is 6.43. The van der Waals surface area contributed by atoms with E-state index in [2.05, 4.69) is 0 Å². The summed E-state index contributed by atoms with van der Waals surface area (Å²) in [6.07, 6.45) is 0. The van der Waals surface area contributed by atoms with Crippen LogP contribution in [0.3, 0.4) is 0 Å². The van der Waals surface area contributed by atoms with Crippen molar-refractivity contribution in [1.29, 1.82) is 0 Å². The number of hydrogen-bond acceptors (Lipinski definition) is 5. The molecule has 186 valence electrons. The van der Waals surface area contributed by atoms with E-state index in [1.807, 2.05) is 32.0 Å². The fourth-order valence-electron chi connectivity index (χ4n) is 5.60.